The summed E-state index contributed by atoms with van der Waals surface area (Å²) in [7, 11) is -3.21. The van der Waals surface area contributed by atoms with Crippen molar-refractivity contribution in [3.63, 3.8) is 0 Å². The molecule has 0 saturated heterocycles. The molecule has 2 N–H and O–H groups in total. The van der Waals surface area contributed by atoms with E-state index < -0.39 is 15.1 Å². The largest absolute Gasteiger partial charge is 0.327 e. The minimum absolute atomic E-state index is 0.332. The van der Waals surface area contributed by atoms with Crippen molar-refractivity contribution >= 4 is 25.8 Å². The van der Waals surface area contributed by atoms with Crippen molar-refractivity contribution in [2.24, 2.45) is 5.73 Å². The first kappa shape index (κ1) is 11.1. The average molecular weight is 290 g/mol. The van der Waals surface area contributed by atoms with E-state index in [4.69, 9.17) is 5.73 Å². The van der Waals surface area contributed by atoms with Gasteiger partial charge in [0.25, 0.3) is 0 Å². The Morgan fingerprint density at radius 1 is 1.53 bits per heavy atom. The molecule has 1 aromatic rings. The lowest BCUT2D eigenvalue weighted by Crippen LogP contribution is -2.36. The molecule has 15 heavy (non-hydrogen) atoms. The van der Waals surface area contributed by atoms with Gasteiger partial charge in [0.05, 0.1) is 10.1 Å². The third-order valence-corrected chi connectivity index (χ3v) is 5.63. The van der Waals surface area contributed by atoms with Crippen LogP contribution in [-0.2, 0) is 16.3 Å². The molecular formula is C10H12BrNO2S. The van der Waals surface area contributed by atoms with E-state index in [0.717, 1.165) is 10.0 Å². The molecule has 0 aliphatic carbocycles. The highest BCUT2D eigenvalue weighted by Crippen LogP contribution is 2.33. The molecule has 0 radical (unpaired) electrons. The van der Waals surface area contributed by atoms with E-state index in [-0.39, 0.29) is 6.04 Å². The maximum absolute atomic E-state index is 12.0. The van der Waals surface area contributed by atoms with E-state index in [2.05, 4.69) is 15.9 Å². The molecule has 1 aliphatic heterocycles. The van der Waals surface area contributed by atoms with E-state index >= 15 is 0 Å². The van der Waals surface area contributed by atoms with Crippen LogP contribution in [0.15, 0.2) is 27.6 Å². The second kappa shape index (κ2) is 3.57. The van der Waals surface area contributed by atoms with Crippen molar-refractivity contribution in [2.75, 3.05) is 0 Å². The number of fused-ring (bicyclic) bond motifs is 1. The zero-order valence-electron chi connectivity index (χ0n) is 8.27. The molecule has 0 aromatic heterocycles. The number of benzene rings is 1. The van der Waals surface area contributed by atoms with Crippen molar-refractivity contribution in [2.45, 2.75) is 29.5 Å². The summed E-state index contributed by atoms with van der Waals surface area (Å²) >= 11 is 3.33. The van der Waals surface area contributed by atoms with Crippen LogP contribution in [0, 0.1) is 0 Å². The Kier molecular flexibility index (Phi) is 2.65. The molecule has 2 atom stereocenters. The second-order valence-electron chi connectivity index (χ2n) is 3.90. The van der Waals surface area contributed by atoms with Crippen LogP contribution in [0.1, 0.15) is 12.5 Å². The molecule has 0 amide bonds. The van der Waals surface area contributed by atoms with Gasteiger partial charge in [-0.2, -0.15) is 0 Å². The molecule has 1 aliphatic rings. The molecule has 2 rings (SSSR count). The maximum Gasteiger partial charge on any atom is 0.183 e. The van der Waals surface area contributed by atoms with Gasteiger partial charge >= 0.3 is 0 Å². The number of nitrogens with two attached hydrogens (primary N) is 1. The topological polar surface area (TPSA) is 60.2 Å². The van der Waals surface area contributed by atoms with Gasteiger partial charge in [0.1, 0.15) is 0 Å². The summed E-state index contributed by atoms with van der Waals surface area (Å²) in [5.74, 6) is 0. The minimum atomic E-state index is -3.21. The van der Waals surface area contributed by atoms with Gasteiger partial charge < -0.3 is 5.73 Å². The van der Waals surface area contributed by atoms with Gasteiger partial charge in [-0.15, -0.1) is 0 Å². The van der Waals surface area contributed by atoms with Gasteiger partial charge in [0, 0.05) is 10.5 Å². The molecular weight excluding hydrogens is 278 g/mol. The van der Waals surface area contributed by atoms with Gasteiger partial charge in [0.15, 0.2) is 9.84 Å². The summed E-state index contributed by atoms with van der Waals surface area (Å²) in [4.78, 5) is 0.438. The summed E-state index contributed by atoms with van der Waals surface area (Å²) in [6.07, 6.45) is 0.523. The lowest BCUT2D eigenvalue weighted by molar-refractivity contribution is 0.569. The first-order valence-electron chi connectivity index (χ1n) is 4.71. The van der Waals surface area contributed by atoms with Gasteiger partial charge in [0.2, 0.25) is 0 Å². The lowest BCUT2D eigenvalue weighted by atomic mass is 10.1. The molecule has 0 fully saturated rings. The van der Waals surface area contributed by atoms with Crippen LogP contribution < -0.4 is 5.73 Å². The predicted molar refractivity (Wildman–Crippen MR) is 62.5 cm³/mol. The molecule has 82 valence electrons. The monoisotopic (exact) mass is 289 g/mol. The van der Waals surface area contributed by atoms with Crippen molar-refractivity contribution < 1.29 is 8.42 Å². The number of sulfone groups is 1. The van der Waals surface area contributed by atoms with Crippen LogP contribution in [0.3, 0.4) is 0 Å². The fourth-order valence-corrected chi connectivity index (χ4v) is 4.41. The van der Waals surface area contributed by atoms with Crippen molar-refractivity contribution in [3.8, 4) is 0 Å². The molecule has 1 heterocycles. The lowest BCUT2D eigenvalue weighted by Gasteiger charge is -2.12. The Hall–Kier alpha value is -0.390. The summed E-state index contributed by atoms with van der Waals surface area (Å²) in [5, 5.41) is -0.471. The summed E-state index contributed by atoms with van der Waals surface area (Å²) in [6.45, 7) is 1.74. The fourth-order valence-electron chi connectivity index (χ4n) is 1.94. The number of halogens is 1. The number of rotatable bonds is 1. The van der Waals surface area contributed by atoms with E-state index in [1.54, 1.807) is 19.1 Å². The van der Waals surface area contributed by atoms with Gasteiger partial charge in [-0.3, -0.25) is 0 Å². The predicted octanol–water partition coefficient (Wildman–Crippen LogP) is 1.49. The van der Waals surface area contributed by atoms with Crippen LogP contribution in [0.2, 0.25) is 0 Å². The molecule has 1 aromatic carbocycles. The van der Waals surface area contributed by atoms with E-state index in [1.807, 2.05) is 6.07 Å². The van der Waals surface area contributed by atoms with Crippen LogP contribution in [-0.4, -0.2) is 19.7 Å². The smallest absolute Gasteiger partial charge is 0.183 e. The van der Waals surface area contributed by atoms with Crippen LogP contribution in [0.4, 0.5) is 0 Å². The third-order valence-electron chi connectivity index (χ3n) is 2.74. The van der Waals surface area contributed by atoms with Gasteiger partial charge in [-0.1, -0.05) is 15.9 Å². The van der Waals surface area contributed by atoms with E-state index in [1.165, 1.54) is 0 Å². The number of hydrogen-bond donors (Lipinski definition) is 1. The molecule has 0 bridgehead atoms. The minimum Gasteiger partial charge on any atom is -0.327 e. The molecule has 2 unspecified atom stereocenters. The Bertz CT molecular complexity index is 496. The first-order chi connectivity index (χ1) is 6.93. The fraction of sp³-hybridized carbons (Fsp3) is 0.400. The quantitative estimate of drug-likeness (QED) is 0.852. The molecule has 0 saturated carbocycles. The van der Waals surface area contributed by atoms with E-state index in [0.29, 0.717) is 11.3 Å². The van der Waals surface area contributed by atoms with Gasteiger partial charge in [-0.25, -0.2) is 8.42 Å². The summed E-state index contributed by atoms with van der Waals surface area (Å²) in [6, 6.07) is 4.92. The van der Waals surface area contributed by atoms with Gasteiger partial charge in [-0.05, 0) is 37.1 Å². The SMILES string of the molecule is CC(N)C1Cc2cc(Br)ccc2S1(=O)=O. The van der Waals surface area contributed by atoms with Crippen LogP contribution >= 0.6 is 15.9 Å². The first-order valence-corrected chi connectivity index (χ1v) is 7.05. The molecule has 0 spiro atoms. The summed E-state index contributed by atoms with van der Waals surface area (Å²) in [5.41, 5.74) is 6.57. The Morgan fingerprint density at radius 2 is 2.20 bits per heavy atom. The molecule has 5 heteroatoms. The molecule has 3 nitrogen and oxygen atoms in total. The van der Waals surface area contributed by atoms with Crippen molar-refractivity contribution in [3.05, 3.63) is 28.2 Å². The normalized spacial score (nSPS) is 24.9. The van der Waals surface area contributed by atoms with E-state index in [9.17, 15) is 8.42 Å². The third kappa shape index (κ3) is 1.73. The van der Waals surface area contributed by atoms with Crippen molar-refractivity contribution in [1.82, 2.24) is 0 Å². The highest BCUT2D eigenvalue weighted by molar-refractivity contribution is 9.10. The zero-order valence-corrected chi connectivity index (χ0v) is 10.7. The highest BCUT2D eigenvalue weighted by atomic mass is 79.9. The average Bonchev–Trinajstić information content (AvgIpc) is 2.37. The van der Waals surface area contributed by atoms with Crippen LogP contribution in [0.5, 0.6) is 0 Å². The maximum atomic E-state index is 12.0. The zero-order chi connectivity index (χ0) is 11.2. The Labute approximate surface area is 97.7 Å². The standard InChI is InChI=1S/C10H12BrNO2S/c1-6(12)10-5-7-4-8(11)2-3-9(7)15(10,13)14/h2-4,6,10H,5,12H2,1H3. The summed E-state index contributed by atoms with van der Waals surface area (Å²) < 4.78 is 25.0. The second-order valence-corrected chi connectivity index (χ2v) is 6.95. The number of hydrogen-bond acceptors (Lipinski definition) is 3. The van der Waals surface area contributed by atoms with Crippen molar-refractivity contribution in [1.29, 1.82) is 0 Å². The highest BCUT2D eigenvalue weighted by Gasteiger charge is 2.38. The van der Waals surface area contributed by atoms with Crippen LogP contribution in [0.25, 0.3) is 0 Å². The Balaban J connectivity index is 2.57. The Morgan fingerprint density at radius 3 is 2.80 bits per heavy atom.